The van der Waals surface area contributed by atoms with Crippen LogP contribution < -0.4 is 11.3 Å². The zero-order valence-corrected chi connectivity index (χ0v) is 10.5. The van der Waals surface area contributed by atoms with Crippen LogP contribution in [0.25, 0.3) is 0 Å². The average Bonchev–Trinajstić information content (AvgIpc) is 2.91. The Morgan fingerprint density at radius 1 is 1.71 bits per heavy atom. The van der Waals surface area contributed by atoms with Gasteiger partial charge in [0.1, 0.15) is 0 Å². The second-order valence-electron chi connectivity index (χ2n) is 4.67. The number of rotatable bonds is 5. The molecule has 0 amide bonds. The highest BCUT2D eigenvalue weighted by Crippen LogP contribution is 2.30. The van der Waals surface area contributed by atoms with Crippen LogP contribution in [-0.2, 0) is 11.3 Å². The maximum Gasteiger partial charge on any atom is 0.0773 e. The highest BCUT2D eigenvalue weighted by atomic mass is 16.5. The van der Waals surface area contributed by atoms with E-state index in [9.17, 15) is 0 Å². The third-order valence-corrected chi connectivity index (χ3v) is 3.28. The van der Waals surface area contributed by atoms with Crippen LogP contribution in [0.4, 0.5) is 0 Å². The van der Waals surface area contributed by atoms with Gasteiger partial charge in [0, 0.05) is 12.5 Å². The standard InChI is InChI=1S/C11H21N5O/c1-3-4-16-10(6-13-15-16)11(14-12)9-5-8(2)17-7-9/h6,8-9,11,14H,3-5,7,12H2,1-2H3. The molecule has 1 aliphatic heterocycles. The number of nitrogens with one attached hydrogen (secondary N) is 1. The van der Waals surface area contributed by atoms with Gasteiger partial charge in [0.25, 0.3) is 0 Å². The second-order valence-corrected chi connectivity index (χ2v) is 4.67. The zero-order chi connectivity index (χ0) is 12.3. The van der Waals surface area contributed by atoms with E-state index >= 15 is 0 Å². The number of nitrogens with two attached hydrogens (primary N) is 1. The molecule has 0 spiro atoms. The molecule has 6 nitrogen and oxygen atoms in total. The van der Waals surface area contributed by atoms with E-state index in [1.807, 2.05) is 4.68 Å². The number of hydrazine groups is 1. The topological polar surface area (TPSA) is 78.0 Å². The summed E-state index contributed by atoms with van der Waals surface area (Å²) in [6.07, 6.45) is 4.16. The molecule has 1 aliphatic rings. The SMILES string of the molecule is CCCn1nncc1C(NN)C1COC(C)C1. The molecule has 2 heterocycles. The molecule has 0 radical (unpaired) electrons. The lowest BCUT2D eigenvalue weighted by molar-refractivity contribution is 0.116. The fourth-order valence-corrected chi connectivity index (χ4v) is 2.44. The van der Waals surface area contributed by atoms with Crippen LogP contribution in [0.3, 0.4) is 0 Å². The van der Waals surface area contributed by atoms with E-state index in [2.05, 4.69) is 29.6 Å². The van der Waals surface area contributed by atoms with Gasteiger partial charge in [0.2, 0.25) is 0 Å². The lowest BCUT2D eigenvalue weighted by Crippen LogP contribution is -2.35. The van der Waals surface area contributed by atoms with Crippen molar-refractivity contribution in [2.45, 2.75) is 45.4 Å². The fourth-order valence-electron chi connectivity index (χ4n) is 2.44. The molecule has 1 aromatic heterocycles. The van der Waals surface area contributed by atoms with Crippen molar-refractivity contribution >= 4 is 0 Å². The minimum Gasteiger partial charge on any atom is -0.378 e. The molecule has 3 atom stereocenters. The molecule has 96 valence electrons. The first-order valence-electron chi connectivity index (χ1n) is 6.22. The van der Waals surface area contributed by atoms with E-state index in [4.69, 9.17) is 10.6 Å². The maximum atomic E-state index is 5.68. The number of aromatic nitrogens is 3. The predicted molar refractivity (Wildman–Crippen MR) is 63.9 cm³/mol. The molecule has 3 N–H and O–H groups in total. The first-order chi connectivity index (χ1) is 8.26. The van der Waals surface area contributed by atoms with E-state index < -0.39 is 0 Å². The Hall–Kier alpha value is -0.980. The van der Waals surface area contributed by atoms with Crippen molar-refractivity contribution in [2.24, 2.45) is 11.8 Å². The van der Waals surface area contributed by atoms with Gasteiger partial charge in [-0.2, -0.15) is 0 Å². The summed E-state index contributed by atoms with van der Waals surface area (Å²) in [5.41, 5.74) is 3.94. The Balaban J connectivity index is 2.14. The second kappa shape index (κ2) is 5.57. The number of aryl methyl sites for hydroxylation is 1. The third kappa shape index (κ3) is 2.65. The molecule has 1 fully saturated rings. The van der Waals surface area contributed by atoms with E-state index in [1.54, 1.807) is 6.20 Å². The maximum absolute atomic E-state index is 5.68. The summed E-state index contributed by atoms with van der Waals surface area (Å²) in [4.78, 5) is 0. The average molecular weight is 239 g/mol. The molecule has 3 unspecified atom stereocenters. The van der Waals surface area contributed by atoms with Gasteiger partial charge in [-0.05, 0) is 19.8 Å². The minimum absolute atomic E-state index is 0.0708. The van der Waals surface area contributed by atoms with Crippen LogP contribution in [-0.4, -0.2) is 27.7 Å². The molecule has 0 bridgehead atoms. The van der Waals surface area contributed by atoms with E-state index in [-0.39, 0.29) is 6.04 Å². The van der Waals surface area contributed by atoms with Gasteiger partial charge >= 0.3 is 0 Å². The third-order valence-electron chi connectivity index (χ3n) is 3.28. The molecular formula is C11H21N5O. The summed E-state index contributed by atoms with van der Waals surface area (Å²) in [5.74, 6) is 6.07. The lowest BCUT2D eigenvalue weighted by Gasteiger charge is -2.21. The van der Waals surface area contributed by atoms with Crippen molar-refractivity contribution in [3.05, 3.63) is 11.9 Å². The Bertz CT molecular complexity index is 353. The highest BCUT2D eigenvalue weighted by molar-refractivity contribution is 5.05. The summed E-state index contributed by atoms with van der Waals surface area (Å²) in [7, 11) is 0. The molecule has 17 heavy (non-hydrogen) atoms. The van der Waals surface area contributed by atoms with Gasteiger partial charge < -0.3 is 4.74 Å². The van der Waals surface area contributed by atoms with E-state index in [0.29, 0.717) is 12.0 Å². The summed E-state index contributed by atoms with van der Waals surface area (Å²) >= 11 is 0. The van der Waals surface area contributed by atoms with Gasteiger partial charge in [-0.3, -0.25) is 11.3 Å². The van der Waals surface area contributed by atoms with Gasteiger partial charge in [-0.25, -0.2) is 4.68 Å². The van der Waals surface area contributed by atoms with Crippen molar-refractivity contribution in [1.82, 2.24) is 20.4 Å². The van der Waals surface area contributed by atoms with E-state index in [0.717, 1.165) is 31.7 Å². The van der Waals surface area contributed by atoms with Crippen LogP contribution in [0.2, 0.25) is 0 Å². The summed E-state index contributed by atoms with van der Waals surface area (Å²) < 4.78 is 7.52. The quantitative estimate of drug-likeness (QED) is 0.581. The summed E-state index contributed by atoms with van der Waals surface area (Å²) in [5, 5.41) is 8.07. The number of ether oxygens (including phenoxy) is 1. The van der Waals surface area contributed by atoms with Crippen LogP contribution in [0.5, 0.6) is 0 Å². The Kier molecular flexibility index (Phi) is 4.09. The molecule has 2 rings (SSSR count). The first kappa shape index (κ1) is 12.5. The van der Waals surface area contributed by atoms with Crippen molar-refractivity contribution < 1.29 is 4.74 Å². The zero-order valence-electron chi connectivity index (χ0n) is 10.5. The fraction of sp³-hybridized carbons (Fsp3) is 0.818. The van der Waals surface area contributed by atoms with E-state index in [1.165, 1.54) is 0 Å². The van der Waals surface area contributed by atoms with Gasteiger partial charge in [-0.15, -0.1) is 5.10 Å². The molecule has 0 aromatic carbocycles. The van der Waals surface area contributed by atoms with Crippen molar-refractivity contribution in [1.29, 1.82) is 0 Å². The number of hydrogen-bond donors (Lipinski definition) is 2. The normalized spacial score (nSPS) is 26.3. The first-order valence-corrected chi connectivity index (χ1v) is 6.22. The monoisotopic (exact) mass is 239 g/mol. The largest absolute Gasteiger partial charge is 0.378 e. The van der Waals surface area contributed by atoms with Crippen LogP contribution in [0, 0.1) is 5.92 Å². The Labute approximate surface area is 101 Å². The number of hydrogen-bond acceptors (Lipinski definition) is 5. The Morgan fingerprint density at radius 3 is 3.12 bits per heavy atom. The van der Waals surface area contributed by atoms with Crippen molar-refractivity contribution in [3.8, 4) is 0 Å². The highest BCUT2D eigenvalue weighted by Gasteiger charge is 2.32. The van der Waals surface area contributed by atoms with Gasteiger partial charge in [-0.1, -0.05) is 12.1 Å². The molecule has 0 saturated carbocycles. The molecule has 1 aromatic rings. The molecule has 1 saturated heterocycles. The van der Waals surface area contributed by atoms with Crippen molar-refractivity contribution in [2.75, 3.05) is 6.61 Å². The van der Waals surface area contributed by atoms with Crippen LogP contribution in [0.15, 0.2) is 6.20 Å². The molecule has 6 heteroatoms. The van der Waals surface area contributed by atoms with Crippen LogP contribution >= 0.6 is 0 Å². The molecular weight excluding hydrogens is 218 g/mol. The van der Waals surface area contributed by atoms with Crippen LogP contribution in [0.1, 0.15) is 38.4 Å². The minimum atomic E-state index is 0.0708. The Morgan fingerprint density at radius 2 is 2.53 bits per heavy atom. The number of nitrogens with zero attached hydrogens (tertiary/aromatic N) is 3. The van der Waals surface area contributed by atoms with Crippen molar-refractivity contribution in [3.63, 3.8) is 0 Å². The summed E-state index contributed by atoms with van der Waals surface area (Å²) in [6, 6.07) is 0.0708. The predicted octanol–water partition coefficient (Wildman–Crippen LogP) is 0.617. The smallest absolute Gasteiger partial charge is 0.0773 e. The van der Waals surface area contributed by atoms with Gasteiger partial charge in [0.15, 0.2) is 0 Å². The summed E-state index contributed by atoms with van der Waals surface area (Å²) in [6.45, 7) is 5.83. The molecule has 0 aliphatic carbocycles. The lowest BCUT2D eigenvalue weighted by atomic mass is 9.95. The van der Waals surface area contributed by atoms with Gasteiger partial charge in [0.05, 0.1) is 30.6 Å².